The van der Waals surface area contributed by atoms with E-state index in [9.17, 15) is 0 Å². The van der Waals surface area contributed by atoms with Crippen molar-refractivity contribution in [1.29, 1.82) is 0 Å². The minimum Gasteiger partial charge on any atom is -0.345 e. The molecule has 0 bridgehead atoms. The lowest BCUT2D eigenvalue weighted by Gasteiger charge is -1.99. The molecular weight excluding hydrogens is 184 g/mol. The fourth-order valence-electron chi connectivity index (χ4n) is 2.14. The number of aromatic amines is 1. The molecule has 0 unspecified atom stereocenters. The summed E-state index contributed by atoms with van der Waals surface area (Å²) in [5.74, 6) is 0. The van der Waals surface area contributed by atoms with E-state index in [0.717, 1.165) is 18.5 Å². The monoisotopic (exact) mass is 196 g/mol. The molecule has 2 heteroatoms. The Morgan fingerprint density at radius 1 is 1.20 bits per heavy atom. The standard InChI is InChI=1S/C13H12N2/c1-2-4-13-10(3-1)5-6-11(13)7-12-8-14-9-15-12/h1-4,7-9H,5-6H2,(H,14,15)/b11-7+. The molecule has 74 valence electrons. The molecule has 0 spiro atoms. The molecule has 2 nitrogen and oxygen atoms in total. The van der Waals surface area contributed by atoms with Gasteiger partial charge in [-0.05, 0) is 35.6 Å². The Morgan fingerprint density at radius 3 is 3.00 bits per heavy atom. The van der Waals surface area contributed by atoms with Gasteiger partial charge in [0.15, 0.2) is 0 Å². The molecule has 1 aromatic heterocycles. The molecule has 1 aliphatic rings. The normalized spacial score (nSPS) is 16.9. The van der Waals surface area contributed by atoms with E-state index in [0.29, 0.717) is 0 Å². The zero-order chi connectivity index (χ0) is 10.1. The van der Waals surface area contributed by atoms with Crippen LogP contribution in [-0.2, 0) is 6.42 Å². The third kappa shape index (κ3) is 1.48. The summed E-state index contributed by atoms with van der Waals surface area (Å²) in [6.07, 6.45) is 8.06. The van der Waals surface area contributed by atoms with E-state index in [1.165, 1.54) is 16.7 Å². The van der Waals surface area contributed by atoms with Gasteiger partial charge in [0.05, 0.1) is 18.2 Å². The molecule has 1 heterocycles. The van der Waals surface area contributed by atoms with Crippen molar-refractivity contribution in [3.8, 4) is 0 Å². The van der Waals surface area contributed by atoms with Crippen molar-refractivity contribution in [2.24, 2.45) is 0 Å². The lowest BCUT2D eigenvalue weighted by atomic mass is 10.1. The number of nitrogens with zero attached hydrogens (tertiary/aromatic N) is 1. The predicted molar refractivity (Wildman–Crippen MR) is 61.2 cm³/mol. The number of aromatic nitrogens is 2. The van der Waals surface area contributed by atoms with Gasteiger partial charge in [-0.1, -0.05) is 24.3 Å². The quantitative estimate of drug-likeness (QED) is 0.746. The van der Waals surface area contributed by atoms with Gasteiger partial charge in [-0.2, -0.15) is 0 Å². The van der Waals surface area contributed by atoms with Gasteiger partial charge in [0, 0.05) is 0 Å². The zero-order valence-electron chi connectivity index (χ0n) is 8.40. The topological polar surface area (TPSA) is 28.7 Å². The molecule has 2 aromatic rings. The molecule has 15 heavy (non-hydrogen) atoms. The SMILES string of the molecule is C(=C1/CCc2ccccc21)/c1cnc[nH]1. The summed E-state index contributed by atoms with van der Waals surface area (Å²) in [7, 11) is 0. The van der Waals surface area contributed by atoms with Crippen LogP contribution in [0.5, 0.6) is 0 Å². The van der Waals surface area contributed by atoms with E-state index >= 15 is 0 Å². The lowest BCUT2D eigenvalue weighted by molar-refractivity contribution is 1.08. The van der Waals surface area contributed by atoms with Gasteiger partial charge in [0.25, 0.3) is 0 Å². The van der Waals surface area contributed by atoms with Gasteiger partial charge in [0.2, 0.25) is 0 Å². The molecular formula is C13H12N2. The summed E-state index contributed by atoms with van der Waals surface area (Å²) in [5.41, 5.74) is 5.35. The third-order valence-electron chi connectivity index (χ3n) is 2.88. The first-order valence-corrected chi connectivity index (χ1v) is 5.21. The molecule has 0 aliphatic heterocycles. The number of imidazole rings is 1. The van der Waals surface area contributed by atoms with Crippen LogP contribution in [0.15, 0.2) is 36.8 Å². The van der Waals surface area contributed by atoms with E-state index in [2.05, 4.69) is 40.3 Å². The summed E-state index contributed by atoms with van der Waals surface area (Å²) in [5, 5.41) is 0. The van der Waals surface area contributed by atoms with Crippen molar-refractivity contribution in [2.45, 2.75) is 12.8 Å². The minimum absolute atomic E-state index is 1.08. The molecule has 0 saturated heterocycles. The molecule has 0 atom stereocenters. The Morgan fingerprint density at radius 2 is 2.13 bits per heavy atom. The Labute approximate surface area is 88.7 Å². The molecule has 1 aromatic carbocycles. The Bertz CT molecular complexity index is 495. The summed E-state index contributed by atoms with van der Waals surface area (Å²) < 4.78 is 0. The average Bonchev–Trinajstić information content (AvgIpc) is 2.89. The van der Waals surface area contributed by atoms with Crippen LogP contribution in [0.2, 0.25) is 0 Å². The van der Waals surface area contributed by atoms with Gasteiger partial charge in [-0.15, -0.1) is 0 Å². The summed E-state index contributed by atoms with van der Waals surface area (Å²) >= 11 is 0. The van der Waals surface area contributed by atoms with Crippen molar-refractivity contribution >= 4 is 11.6 Å². The van der Waals surface area contributed by atoms with E-state index in [4.69, 9.17) is 0 Å². The second-order valence-electron chi connectivity index (χ2n) is 3.83. The lowest BCUT2D eigenvalue weighted by Crippen LogP contribution is -1.79. The van der Waals surface area contributed by atoms with Crippen molar-refractivity contribution in [3.05, 3.63) is 53.6 Å². The Balaban J connectivity index is 2.04. The molecule has 3 rings (SSSR count). The maximum Gasteiger partial charge on any atom is 0.0924 e. The van der Waals surface area contributed by atoms with E-state index < -0.39 is 0 Å². The van der Waals surface area contributed by atoms with Gasteiger partial charge in [-0.3, -0.25) is 0 Å². The van der Waals surface area contributed by atoms with Crippen LogP contribution in [0, 0.1) is 0 Å². The fraction of sp³-hybridized carbons (Fsp3) is 0.154. The van der Waals surface area contributed by atoms with Crippen molar-refractivity contribution in [2.75, 3.05) is 0 Å². The highest BCUT2D eigenvalue weighted by Crippen LogP contribution is 2.32. The van der Waals surface area contributed by atoms with Crippen LogP contribution in [-0.4, -0.2) is 9.97 Å². The number of hydrogen-bond donors (Lipinski definition) is 1. The van der Waals surface area contributed by atoms with Crippen LogP contribution in [0.1, 0.15) is 23.2 Å². The highest BCUT2D eigenvalue weighted by Gasteiger charge is 2.14. The van der Waals surface area contributed by atoms with E-state index in [1.54, 1.807) is 6.33 Å². The van der Waals surface area contributed by atoms with Gasteiger partial charge in [-0.25, -0.2) is 4.98 Å². The summed E-state index contributed by atoms with van der Waals surface area (Å²) in [6, 6.07) is 8.62. The number of hydrogen-bond acceptors (Lipinski definition) is 1. The average molecular weight is 196 g/mol. The fourth-order valence-corrected chi connectivity index (χ4v) is 2.14. The maximum absolute atomic E-state index is 4.02. The van der Waals surface area contributed by atoms with Crippen LogP contribution < -0.4 is 0 Å². The smallest absolute Gasteiger partial charge is 0.0924 e. The molecule has 0 amide bonds. The highest BCUT2D eigenvalue weighted by atomic mass is 14.8. The van der Waals surface area contributed by atoms with Crippen LogP contribution in [0.3, 0.4) is 0 Å². The molecule has 0 fully saturated rings. The van der Waals surface area contributed by atoms with Crippen molar-refractivity contribution < 1.29 is 0 Å². The number of allylic oxidation sites excluding steroid dienone is 1. The second-order valence-corrected chi connectivity index (χ2v) is 3.83. The van der Waals surface area contributed by atoms with Crippen LogP contribution >= 0.6 is 0 Å². The zero-order valence-corrected chi connectivity index (χ0v) is 8.40. The first-order chi connectivity index (χ1) is 7.43. The molecule has 1 aliphatic carbocycles. The van der Waals surface area contributed by atoms with Crippen molar-refractivity contribution in [3.63, 3.8) is 0 Å². The second kappa shape index (κ2) is 3.39. The predicted octanol–water partition coefficient (Wildman–Crippen LogP) is 2.90. The number of rotatable bonds is 1. The number of aryl methyl sites for hydroxylation is 1. The summed E-state index contributed by atoms with van der Waals surface area (Å²) in [4.78, 5) is 7.13. The van der Waals surface area contributed by atoms with E-state index in [-0.39, 0.29) is 0 Å². The molecule has 0 saturated carbocycles. The first-order valence-electron chi connectivity index (χ1n) is 5.21. The first kappa shape index (κ1) is 8.48. The maximum atomic E-state index is 4.02. The van der Waals surface area contributed by atoms with Gasteiger partial charge in [0.1, 0.15) is 0 Å². The highest BCUT2D eigenvalue weighted by molar-refractivity contribution is 5.84. The number of H-pyrrole nitrogens is 1. The van der Waals surface area contributed by atoms with Gasteiger partial charge >= 0.3 is 0 Å². The van der Waals surface area contributed by atoms with Crippen molar-refractivity contribution in [1.82, 2.24) is 9.97 Å². The van der Waals surface area contributed by atoms with Crippen LogP contribution in [0.25, 0.3) is 11.6 Å². The van der Waals surface area contributed by atoms with Gasteiger partial charge < -0.3 is 4.98 Å². The Hall–Kier alpha value is -1.83. The number of fused-ring (bicyclic) bond motifs is 1. The molecule has 0 radical (unpaired) electrons. The largest absolute Gasteiger partial charge is 0.345 e. The Kier molecular flexibility index (Phi) is 1.91. The third-order valence-corrected chi connectivity index (χ3v) is 2.88. The molecule has 1 N–H and O–H groups in total. The van der Waals surface area contributed by atoms with Crippen LogP contribution in [0.4, 0.5) is 0 Å². The number of benzene rings is 1. The number of nitrogens with one attached hydrogen (secondary N) is 1. The minimum atomic E-state index is 1.08. The summed E-state index contributed by atoms with van der Waals surface area (Å²) in [6.45, 7) is 0. The van der Waals surface area contributed by atoms with E-state index in [1.807, 2.05) is 6.20 Å².